The average Bonchev–Trinajstić information content (AvgIpc) is 2.41. The van der Waals surface area contributed by atoms with E-state index in [1.54, 1.807) is 0 Å². The molecule has 108 valence electrons. The topological polar surface area (TPSA) is 72.2 Å². The van der Waals surface area contributed by atoms with E-state index < -0.39 is 10.8 Å². The number of nitro groups is 1. The monoisotopic (exact) mass is 296 g/mol. The molecule has 0 aliphatic heterocycles. The van der Waals surface area contributed by atoms with E-state index in [9.17, 15) is 14.9 Å². The van der Waals surface area contributed by atoms with Gasteiger partial charge in [-0.25, -0.2) is 0 Å². The lowest BCUT2D eigenvalue weighted by Gasteiger charge is -2.26. The van der Waals surface area contributed by atoms with Crippen molar-refractivity contribution in [3.63, 3.8) is 0 Å². The molecule has 0 unspecified atom stereocenters. The van der Waals surface area contributed by atoms with E-state index in [1.807, 2.05) is 0 Å². The molecule has 0 atom stereocenters. The molecule has 0 bridgehead atoms. The highest BCUT2D eigenvalue weighted by Crippen LogP contribution is 2.26. The third kappa shape index (κ3) is 3.48. The predicted octanol–water partition coefficient (Wildman–Crippen LogP) is 3.56. The number of rotatable bonds is 3. The minimum Gasteiger partial charge on any atom is -0.349 e. The quantitative estimate of drug-likeness (QED) is 0.684. The van der Waals surface area contributed by atoms with Gasteiger partial charge >= 0.3 is 0 Å². The molecule has 1 aliphatic rings. The van der Waals surface area contributed by atoms with Crippen LogP contribution in [0.15, 0.2) is 18.2 Å². The number of carbonyl (C=O) groups excluding carboxylic acids is 1. The van der Waals surface area contributed by atoms with Crippen molar-refractivity contribution in [2.24, 2.45) is 5.92 Å². The predicted molar refractivity (Wildman–Crippen MR) is 77.0 cm³/mol. The lowest BCUT2D eigenvalue weighted by molar-refractivity contribution is -0.385. The van der Waals surface area contributed by atoms with Crippen molar-refractivity contribution in [2.75, 3.05) is 0 Å². The number of nitro benzene ring substituents is 1. The zero-order valence-electron chi connectivity index (χ0n) is 11.3. The van der Waals surface area contributed by atoms with Gasteiger partial charge in [-0.15, -0.1) is 0 Å². The van der Waals surface area contributed by atoms with E-state index in [0.29, 0.717) is 10.9 Å². The highest BCUT2D eigenvalue weighted by Gasteiger charge is 2.24. The zero-order chi connectivity index (χ0) is 14.7. The number of hydrogen-bond donors (Lipinski definition) is 1. The minimum atomic E-state index is -0.561. The van der Waals surface area contributed by atoms with Crippen LogP contribution >= 0.6 is 11.6 Å². The zero-order valence-corrected chi connectivity index (χ0v) is 12.0. The first-order valence-corrected chi connectivity index (χ1v) is 7.10. The van der Waals surface area contributed by atoms with Gasteiger partial charge in [-0.1, -0.05) is 18.5 Å². The molecule has 1 saturated carbocycles. The van der Waals surface area contributed by atoms with Gasteiger partial charge in [0.15, 0.2) is 0 Å². The fourth-order valence-electron chi connectivity index (χ4n) is 2.52. The Labute approximate surface area is 122 Å². The largest absolute Gasteiger partial charge is 0.349 e. The first-order valence-electron chi connectivity index (χ1n) is 6.72. The van der Waals surface area contributed by atoms with E-state index >= 15 is 0 Å². The molecule has 1 fully saturated rings. The molecule has 0 saturated heterocycles. The number of benzene rings is 1. The summed E-state index contributed by atoms with van der Waals surface area (Å²) < 4.78 is 0. The first kappa shape index (κ1) is 14.8. The third-order valence-corrected chi connectivity index (χ3v) is 3.99. The van der Waals surface area contributed by atoms with Crippen LogP contribution in [0.1, 0.15) is 43.0 Å². The Morgan fingerprint density at radius 1 is 1.35 bits per heavy atom. The van der Waals surface area contributed by atoms with Crippen LogP contribution in [-0.2, 0) is 0 Å². The van der Waals surface area contributed by atoms with Crippen LogP contribution < -0.4 is 5.32 Å². The molecule has 1 aromatic rings. The van der Waals surface area contributed by atoms with Crippen LogP contribution in [0.25, 0.3) is 0 Å². The molecule has 0 aromatic heterocycles. The molecule has 1 aliphatic carbocycles. The Hall–Kier alpha value is -1.62. The second-order valence-electron chi connectivity index (χ2n) is 5.35. The van der Waals surface area contributed by atoms with Crippen molar-refractivity contribution in [3.05, 3.63) is 38.9 Å². The number of nitrogens with one attached hydrogen (secondary N) is 1. The van der Waals surface area contributed by atoms with Crippen molar-refractivity contribution < 1.29 is 9.72 Å². The molecule has 1 amide bonds. The molecule has 5 nitrogen and oxygen atoms in total. The maximum Gasteiger partial charge on any atom is 0.282 e. The average molecular weight is 297 g/mol. The van der Waals surface area contributed by atoms with Gasteiger partial charge < -0.3 is 5.32 Å². The van der Waals surface area contributed by atoms with Gasteiger partial charge in [0.05, 0.1) is 4.92 Å². The Bertz CT molecular complexity index is 525. The molecule has 20 heavy (non-hydrogen) atoms. The van der Waals surface area contributed by atoms with Crippen LogP contribution in [0.2, 0.25) is 5.02 Å². The van der Waals surface area contributed by atoms with E-state index in [2.05, 4.69) is 12.2 Å². The summed E-state index contributed by atoms with van der Waals surface area (Å²) in [6, 6.07) is 4.12. The van der Waals surface area contributed by atoms with Crippen molar-refractivity contribution in [1.29, 1.82) is 0 Å². The summed E-state index contributed by atoms with van der Waals surface area (Å²) in [6.45, 7) is 2.19. The van der Waals surface area contributed by atoms with Crippen molar-refractivity contribution in [1.82, 2.24) is 5.32 Å². The van der Waals surface area contributed by atoms with E-state index in [1.165, 1.54) is 18.2 Å². The molecule has 1 aromatic carbocycles. The standard InChI is InChI=1S/C14H17ClN2O3/c1-9-2-5-11(6-3-9)16-14(18)12-8-10(15)4-7-13(12)17(19)20/h4,7-9,11H,2-3,5-6H2,1H3,(H,16,18). The van der Waals surface area contributed by atoms with E-state index in [-0.39, 0.29) is 17.3 Å². The fourth-order valence-corrected chi connectivity index (χ4v) is 2.69. The van der Waals surface area contributed by atoms with Gasteiger partial charge in [0.1, 0.15) is 5.56 Å². The minimum absolute atomic E-state index is 0.0288. The Morgan fingerprint density at radius 2 is 2.00 bits per heavy atom. The number of amides is 1. The molecule has 6 heteroatoms. The Morgan fingerprint density at radius 3 is 2.60 bits per heavy atom. The van der Waals surface area contributed by atoms with Crippen LogP contribution in [0.4, 0.5) is 5.69 Å². The van der Waals surface area contributed by atoms with E-state index in [4.69, 9.17) is 11.6 Å². The van der Waals surface area contributed by atoms with Gasteiger partial charge in [0.2, 0.25) is 0 Å². The normalized spacial score (nSPS) is 22.3. The molecule has 0 spiro atoms. The Balaban J connectivity index is 2.12. The van der Waals surface area contributed by atoms with E-state index in [0.717, 1.165) is 25.7 Å². The van der Waals surface area contributed by atoms with Crippen molar-refractivity contribution in [3.8, 4) is 0 Å². The molecule has 0 heterocycles. The molecular weight excluding hydrogens is 280 g/mol. The van der Waals surface area contributed by atoms with Crippen molar-refractivity contribution in [2.45, 2.75) is 38.6 Å². The summed E-state index contributed by atoms with van der Waals surface area (Å²) >= 11 is 5.82. The highest BCUT2D eigenvalue weighted by molar-refractivity contribution is 6.31. The second kappa shape index (κ2) is 6.22. The lowest BCUT2D eigenvalue weighted by atomic mass is 9.87. The summed E-state index contributed by atoms with van der Waals surface area (Å²) in [4.78, 5) is 22.6. The van der Waals surface area contributed by atoms with Gasteiger partial charge in [-0.3, -0.25) is 14.9 Å². The molecule has 1 N–H and O–H groups in total. The van der Waals surface area contributed by atoms with Crippen molar-refractivity contribution >= 4 is 23.2 Å². The van der Waals surface area contributed by atoms with Crippen LogP contribution in [0, 0.1) is 16.0 Å². The second-order valence-corrected chi connectivity index (χ2v) is 5.79. The number of halogens is 1. The van der Waals surface area contributed by atoms with Crippen LogP contribution in [-0.4, -0.2) is 16.9 Å². The summed E-state index contributed by atoms with van der Waals surface area (Å²) in [6.07, 6.45) is 3.98. The highest BCUT2D eigenvalue weighted by atomic mass is 35.5. The maximum absolute atomic E-state index is 12.2. The molecule has 0 radical (unpaired) electrons. The summed E-state index contributed by atoms with van der Waals surface area (Å²) in [5.74, 6) is 0.266. The first-order chi connectivity index (χ1) is 9.47. The van der Waals surface area contributed by atoms with Gasteiger partial charge in [0.25, 0.3) is 11.6 Å². The summed E-state index contributed by atoms with van der Waals surface area (Å²) in [5.41, 5.74) is -0.183. The molecular formula is C14H17ClN2O3. The summed E-state index contributed by atoms with van der Waals surface area (Å²) in [7, 11) is 0. The van der Waals surface area contributed by atoms with Gasteiger partial charge in [0, 0.05) is 17.1 Å². The fraction of sp³-hybridized carbons (Fsp3) is 0.500. The molecule has 2 rings (SSSR count). The van der Waals surface area contributed by atoms with Gasteiger partial charge in [-0.2, -0.15) is 0 Å². The number of nitrogens with zero attached hydrogens (tertiary/aromatic N) is 1. The SMILES string of the molecule is CC1CCC(NC(=O)c2cc(Cl)ccc2[N+](=O)[O-])CC1. The Kier molecular flexibility index (Phi) is 4.60. The third-order valence-electron chi connectivity index (χ3n) is 3.75. The smallest absolute Gasteiger partial charge is 0.282 e. The van der Waals surface area contributed by atoms with Crippen LogP contribution in [0.5, 0.6) is 0 Å². The lowest BCUT2D eigenvalue weighted by Crippen LogP contribution is -2.37. The summed E-state index contributed by atoms with van der Waals surface area (Å²) in [5, 5.41) is 14.1. The van der Waals surface area contributed by atoms with Gasteiger partial charge in [-0.05, 0) is 43.7 Å². The maximum atomic E-state index is 12.2. The van der Waals surface area contributed by atoms with Crippen LogP contribution in [0.3, 0.4) is 0 Å². The number of hydrogen-bond acceptors (Lipinski definition) is 3. The number of carbonyl (C=O) groups is 1.